The van der Waals surface area contributed by atoms with E-state index in [9.17, 15) is 19.0 Å². The number of aliphatic hydroxyl groups is 1. The zero-order valence-corrected chi connectivity index (χ0v) is 26.1. The van der Waals surface area contributed by atoms with Crippen molar-refractivity contribution in [2.75, 3.05) is 23.1 Å². The summed E-state index contributed by atoms with van der Waals surface area (Å²) < 4.78 is 38.3. The fraction of sp³-hybridized carbons (Fsp3) is 0.594. The van der Waals surface area contributed by atoms with Crippen molar-refractivity contribution in [3.05, 3.63) is 65.0 Å². The highest BCUT2D eigenvalue weighted by molar-refractivity contribution is 8.25. The fourth-order valence-electron chi connectivity index (χ4n) is 5.34. The Hall–Kier alpha value is -2.17. The predicted octanol–water partition coefficient (Wildman–Crippen LogP) is 6.55. The summed E-state index contributed by atoms with van der Waals surface area (Å²) in [7, 11) is -3.13. The second-order valence-electron chi connectivity index (χ2n) is 12.4. The first kappa shape index (κ1) is 33.3. The van der Waals surface area contributed by atoms with Crippen LogP contribution in [0.15, 0.2) is 42.5 Å². The first-order chi connectivity index (χ1) is 19.3. The first-order valence-electron chi connectivity index (χ1n) is 15.0. The largest absolute Gasteiger partial charge is 0.390 e. The maximum atomic E-state index is 15.9. The molecule has 0 aliphatic carbocycles. The summed E-state index contributed by atoms with van der Waals surface area (Å²) in [4.78, 5) is 13.6. The van der Waals surface area contributed by atoms with E-state index in [-0.39, 0.29) is 29.1 Å². The number of benzene rings is 2. The maximum absolute atomic E-state index is 15.9. The molecule has 2 aromatic carbocycles. The molecule has 230 valence electrons. The van der Waals surface area contributed by atoms with E-state index in [4.69, 9.17) is 0 Å². The number of nitrogens with one attached hydrogen (secondary N) is 2. The van der Waals surface area contributed by atoms with Crippen molar-refractivity contribution in [2.45, 2.75) is 97.2 Å². The lowest BCUT2D eigenvalue weighted by atomic mass is 9.93. The summed E-state index contributed by atoms with van der Waals surface area (Å²) in [5, 5.41) is 17.7. The molecule has 0 bridgehead atoms. The van der Waals surface area contributed by atoms with E-state index in [0.717, 1.165) is 36.8 Å². The van der Waals surface area contributed by atoms with E-state index in [0.29, 0.717) is 31.7 Å². The number of halogens is 1. The van der Waals surface area contributed by atoms with Gasteiger partial charge in [0.15, 0.2) is 5.82 Å². The number of hydrogen-bond acceptors (Lipinski definition) is 6. The molecule has 0 aromatic heterocycles. The molecule has 0 unspecified atom stereocenters. The van der Waals surface area contributed by atoms with Crippen LogP contribution in [0.3, 0.4) is 0 Å². The molecule has 7 nitrogen and oxygen atoms in total. The number of hydrogen-bond donors (Lipinski definition) is 5. The number of aliphatic hydroxyl groups excluding tert-OH is 1. The second-order valence-corrected chi connectivity index (χ2v) is 14.5. The van der Waals surface area contributed by atoms with Gasteiger partial charge in [0.05, 0.1) is 29.1 Å². The van der Waals surface area contributed by atoms with Gasteiger partial charge in [0, 0.05) is 18.6 Å². The Morgan fingerprint density at radius 1 is 1.15 bits per heavy atom. The first-order valence-corrected chi connectivity index (χ1v) is 16.6. The van der Waals surface area contributed by atoms with E-state index in [1.165, 1.54) is 4.31 Å². The van der Waals surface area contributed by atoms with Crippen molar-refractivity contribution in [3.8, 4) is 0 Å². The number of aryl methyl sites for hydroxylation is 1. The van der Waals surface area contributed by atoms with Crippen LogP contribution in [0, 0.1) is 11.7 Å². The smallest absolute Gasteiger partial charge is 0.254 e. The van der Waals surface area contributed by atoms with Crippen molar-refractivity contribution in [3.63, 3.8) is 0 Å². The van der Waals surface area contributed by atoms with Gasteiger partial charge in [0.2, 0.25) is 0 Å². The molecular formula is C32H50FN3O4S. The van der Waals surface area contributed by atoms with Gasteiger partial charge in [-0.1, -0.05) is 70.4 Å². The quantitative estimate of drug-likeness (QED) is 0.161. The summed E-state index contributed by atoms with van der Waals surface area (Å²) >= 11 is 0. The Morgan fingerprint density at radius 3 is 2.46 bits per heavy atom. The van der Waals surface area contributed by atoms with Crippen LogP contribution in [0.25, 0.3) is 0 Å². The van der Waals surface area contributed by atoms with Crippen molar-refractivity contribution in [1.29, 1.82) is 0 Å². The fourth-order valence-corrected chi connectivity index (χ4v) is 6.95. The molecule has 2 atom stereocenters. The standard InChI is InChI=1S/C32H50FN3O4S/c1-6-12-25-19-26(30(33)28(21-25)36-17-11-18-41(36,39)40)31(38)35-27(20-24-14-8-7-9-15-24)29(37)22-34-32(4,5)16-10-13-23(2)3/h7-9,14-15,19,21,23,27,29,34,37,39-40H,6,10-13,16-18,20,22H2,1-5H3,(H,35,38)/t27-,29-/m0/s1. The molecule has 3 rings (SSSR count). The lowest BCUT2D eigenvalue weighted by molar-refractivity contribution is 0.0808. The monoisotopic (exact) mass is 591 g/mol. The van der Waals surface area contributed by atoms with Gasteiger partial charge in [-0.3, -0.25) is 18.2 Å². The van der Waals surface area contributed by atoms with Crippen molar-refractivity contribution in [1.82, 2.24) is 10.6 Å². The molecule has 1 aliphatic heterocycles. The average Bonchev–Trinajstić information content (AvgIpc) is 3.26. The van der Waals surface area contributed by atoms with Gasteiger partial charge in [-0.05, 0) is 68.7 Å². The zero-order chi connectivity index (χ0) is 30.2. The van der Waals surface area contributed by atoms with Crippen LogP contribution in [0.5, 0.6) is 0 Å². The van der Waals surface area contributed by atoms with E-state index >= 15 is 4.39 Å². The number of anilines is 1. The highest BCUT2D eigenvalue weighted by Gasteiger charge is 2.33. The summed E-state index contributed by atoms with van der Waals surface area (Å²) in [6.07, 6.45) is 4.57. The molecule has 1 amide bonds. The summed E-state index contributed by atoms with van der Waals surface area (Å²) in [5.41, 5.74) is 1.40. The molecule has 41 heavy (non-hydrogen) atoms. The SMILES string of the molecule is CCCc1cc(C(=O)N[C@@H](Cc2ccccc2)[C@@H](O)CNC(C)(C)CCCC(C)C)c(F)c(N2CCCS2(O)O)c1. The van der Waals surface area contributed by atoms with Crippen LogP contribution in [0.1, 0.15) is 88.2 Å². The van der Waals surface area contributed by atoms with E-state index in [2.05, 4.69) is 38.3 Å². The van der Waals surface area contributed by atoms with E-state index < -0.39 is 34.6 Å². The minimum Gasteiger partial charge on any atom is -0.390 e. The Labute approximate surface area is 247 Å². The van der Waals surface area contributed by atoms with Crippen LogP contribution in [0.4, 0.5) is 10.1 Å². The molecule has 1 aliphatic rings. The lowest BCUT2D eigenvalue weighted by Gasteiger charge is -2.38. The normalized spacial score (nSPS) is 17.5. The van der Waals surface area contributed by atoms with Crippen LogP contribution >= 0.6 is 10.8 Å². The Kier molecular flexibility index (Phi) is 12.1. The molecule has 0 saturated carbocycles. The number of rotatable bonds is 15. The van der Waals surface area contributed by atoms with Crippen molar-refractivity contribution < 1.29 is 23.4 Å². The number of amides is 1. The third-order valence-electron chi connectivity index (χ3n) is 7.75. The van der Waals surface area contributed by atoms with Gasteiger partial charge >= 0.3 is 0 Å². The average molecular weight is 592 g/mol. The zero-order valence-electron chi connectivity index (χ0n) is 25.3. The third kappa shape index (κ3) is 9.68. The summed E-state index contributed by atoms with van der Waals surface area (Å²) in [6.45, 7) is 11.2. The maximum Gasteiger partial charge on any atom is 0.254 e. The molecule has 1 heterocycles. The molecule has 1 saturated heterocycles. The van der Waals surface area contributed by atoms with Crippen LogP contribution in [0.2, 0.25) is 0 Å². The van der Waals surface area contributed by atoms with Gasteiger partial charge in [-0.15, -0.1) is 10.8 Å². The molecule has 0 radical (unpaired) electrons. The van der Waals surface area contributed by atoms with Gasteiger partial charge in [-0.25, -0.2) is 4.39 Å². The van der Waals surface area contributed by atoms with Crippen molar-refractivity contribution in [2.24, 2.45) is 5.92 Å². The highest BCUT2D eigenvalue weighted by Crippen LogP contribution is 2.52. The topological polar surface area (TPSA) is 105 Å². The number of carbonyl (C=O) groups is 1. The predicted molar refractivity (Wildman–Crippen MR) is 168 cm³/mol. The molecule has 1 fully saturated rings. The Bertz CT molecular complexity index is 1130. The van der Waals surface area contributed by atoms with Crippen LogP contribution in [-0.2, 0) is 12.8 Å². The van der Waals surface area contributed by atoms with Crippen molar-refractivity contribution >= 4 is 22.4 Å². The minimum atomic E-state index is -3.13. The number of nitrogens with zero attached hydrogens (tertiary/aromatic N) is 1. The molecule has 0 spiro atoms. The number of β-amino-alcohol motifs (C(OH)–C–C–N with tert-alkyl or cyclic N) is 1. The number of carbonyl (C=O) groups excluding carboxylic acids is 1. The van der Waals surface area contributed by atoms with Gasteiger partial charge in [-0.2, -0.15) is 0 Å². The third-order valence-corrected chi connectivity index (χ3v) is 9.67. The molecule has 2 aromatic rings. The molecule has 5 N–H and O–H groups in total. The van der Waals surface area contributed by atoms with Gasteiger partial charge in [0.25, 0.3) is 5.91 Å². The highest BCUT2D eigenvalue weighted by atomic mass is 32.3. The Balaban J connectivity index is 1.84. The molecular weight excluding hydrogens is 541 g/mol. The van der Waals surface area contributed by atoms with Gasteiger partial charge < -0.3 is 15.7 Å². The van der Waals surface area contributed by atoms with Crippen LogP contribution in [-0.4, -0.2) is 56.6 Å². The second kappa shape index (κ2) is 14.8. The summed E-state index contributed by atoms with van der Waals surface area (Å²) in [6, 6.07) is 12.1. The lowest BCUT2D eigenvalue weighted by Crippen LogP contribution is -2.52. The van der Waals surface area contributed by atoms with E-state index in [1.54, 1.807) is 12.1 Å². The molecule has 9 heteroatoms. The summed E-state index contributed by atoms with van der Waals surface area (Å²) in [5.74, 6) is -0.593. The van der Waals surface area contributed by atoms with Gasteiger partial charge in [0.1, 0.15) is 0 Å². The van der Waals surface area contributed by atoms with Crippen LogP contribution < -0.4 is 14.9 Å². The van der Waals surface area contributed by atoms with E-state index in [1.807, 2.05) is 37.3 Å². The Morgan fingerprint density at radius 2 is 1.85 bits per heavy atom. The minimum absolute atomic E-state index is 0.0450.